The van der Waals surface area contributed by atoms with Gasteiger partial charge in [-0.1, -0.05) is 60.7 Å². The van der Waals surface area contributed by atoms with Gasteiger partial charge in [0, 0.05) is 5.56 Å². The SMILES string of the molecule is O=C1c2ccccc2C(=O)N1/N=C\c1c2ccccc2cc2ccccc12. The van der Waals surface area contributed by atoms with E-state index in [2.05, 4.69) is 11.2 Å². The number of benzene rings is 4. The minimum atomic E-state index is -0.392. The van der Waals surface area contributed by atoms with Crippen LogP contribution in [0.1, 0.15) is 26.3 Å². The van der Waals surface area contributed by atoms with E-state index in [-0.39, 0.29) is 0 Å². The molecule has 0 aliphatic carbocycles. The van der Waals surface area contributed by atoms with Gasteiger partial charge in [-0.15, -0.1) is 0 Å². The number of hydrazone groups is 1. The van der Waals surface area contributed by atoms with Crippen LogP contribution in [0.3, 0.4) is 0 Å². The molecular weight excluding hydrogens is 336 g/mol. The third-order valence-electron chi connectivity index (χ3n) is 4.89. The molecule has 0 radical (unpaired) electrons. The second-order valence-corrected chi connectivity index (χ2v) is 6.44. The van der Waals surface area contributed by atoms with Crippen LogP contribution < -0.4 is 0 Å². The topological polar surface area (TPSA) is 49.7 Å². The van der Waals surface area contributed by atoms with Crippen molar-refractivity contribution in [3.05, 3.63) is 95.6 Å². The summed E-state index contributed by atoms with van der Waals surface area (Å²) in [4.78, 5) is 25.1. The molecule has 27 heavy (non-hydrogen) atoms. The average molecular weight is 350 g/mol. The first-order valence-corrected chi connectivity index (χ1v) is 8.66. The van der Waals surface area contributed by atoms with Crippen LogP contribution in [0.15, 0.2) is 84.0 Å². The number of amides is 2. The van der Waals surface area contributed by atoms with E-state index in [9.17, 15) is 9.59 Å². The van der Waals surface area contributed by atoms with E-state index in [0.717, 1.165) is 32.1 Å². The molecule has 0 atom stereocenters. The molecule has 0 spiro atoms. The van der Waals surface area contributed by atoms with E-state index in [0.29, 0.717) is 11.1 Å². The quantitative estimate of drug-likeness (QED) is 0.301. The molecule has 0 saturated heterocycles. The van der Waals surface area contributed by atoms with Gasteiger partial charge in [0.2, 0.25) is 0 Å². The van der Waals surface area contributed by atoms with Gasteiger partial charge in [-0.3, -0.25) is 9.59 Å². The van der Waals surface area contributed by atoms with Crippen LogP contribution in [0.25, 0.3) is 21.5 Å². The normalized spacial score (nSPS) is 13.9. The molecule has 0 unspecified atom stereocenters. The Kier molecular flexibility index (Phi) is 3.37. The Bertz CT molecular complexity index is 1180. The Morgan fingerprint density at radius 2 is 1.15 bits per heavy atom. The minimum absolute atomic E-state index is 0.391. The van der Waals surface area contributed by atoms with Crippen molar-refractivity contribution in [2.75, 3.05) is 0 Å². The highest BCUT2D eigenvalue weighted by Crippen LogP contribution is 2.28. The summed E-state index contributed by atoms with van der Waals surface area (Å²) in [6, 6.07) is 25.0. The lowest BCUT2D eigenvalue weighted by Crippen LogP contribution is -2.24. The van der Waals surface area contributed by atoms with E-state index < -0.39 is 11.8 Å². The highest BCUT2D eigenvalue weighted by molar-refractivity contribution is 6.22. The molecule has 1 aliphatic heterocycles. The van der Waals surface area contributed by atoms with Crippen molar-refractivity contribution in [1.82, 2.24) is 5.01 Å². The van der Waals surface area contributed by atoms with Crippen molar-refractivity contribution >= 4 is 39.6 Å². The van der Waals surface area contributed by atoms with Gasteiger partial charge in [-0.05, 0) is 39.7 Å². The van der Waals surface area contributed by atoms with Crippen LogP contribution in [0.2, 0.25) is 0 Å². The molecule has 0 saturated carbocycles. The third-order valence-corrected chi connectivity index (χ3v) is 4.89. The second kappa shape index (κ2) is 5.88. The van der Waals surface area contributed by atoms with Crippen LogP contribution in [-0.4, -0.2) is 23.0 Å². The van der Waals surface area contributed by atoms with Gasteiger partial charge in [0.25, 0.3) is 11.8 Å². The molecule has 5 rings (SSSR count). The Balaban J connectivity index is 1.66. The summed E-state index contributed by atoms with van der Waals surface area (Å²) in [5.41, 5.74) is 1.67. The fraction of sp³-hybridized carbons (Fsp3) is 0. The molecule has 4 heteroatoms. The van der Waals surface area contributed by atoms with Crippen LogP contribution in [0.4, 0.5) is 0 Å². The third kappa shape index (κ3) is 2.34. The van der Waals surface area contributed by atoms with Crippen molar-refractivity contribution in [3.8, 4) is 0 Å². The molecule has 0 bridgehead atoms. The minimum Gasteiger partial charge on any atom is -0.267 e. The lowest BCUT2D eigenvalue weighted by Gasteiger charge is -2.10. The first-order chi connectivity index (χ1) is 13.2. The Hall–Kier alpha value is -3.79. The van der Waals surface area contributed by atoms with E-state index in [1.807, 2.05) is 48.5 Å². The van der Waals surface area contributed by atoms with E-state index in [1.54, 1.807) is 30.5 Å². The highest BCUT2D eigenvalue weighted by Gasteiger charge is 2.35. The lowest BCUT2D eigenvalue weighted by atomic mass is 9.97. The number of hydrogen-bond acceptors (Lipinski definition) is 3. The van der Waals surface area contributed by atoms with E-state index >= 15 is 0 Å². The maximum absolute atomic E-state index is 12.5. The summed E-state index contributed by atoms with van der Waals surface area (Å²) in [5.74, 6) is -0.784. The van der Waals surface area contributed by atoms with Gasteiger partial charge in [0.15, 0.2) is 0 Å². The summed E-state index contributed by atoms with van der Waals surface area (Å²) in [5, 5.41) is 9.44. The monoisotopic (exact) mass is 350 g/mol. The van der Waals surface area contributed by atoms with Crippen LogP contribution in [0.5, 0.6) is 0 Å². The number of carbonyl (C=O) groups excluding carboxylic acids is 2. The van der Waals surface area contributed by atoms with Gasteiger partial charge in [-0.25, -0.2) is 0 Å². The maximum atomic E-state index is 12.5. The summed E-state index contributed by atoms with van der Waals surface area (Å²) < 4.78 is 0. The van der Waals surface area contributed by atoms with Gasteiger partial charge in [-0.2, -0.15) is 10.1 Å². The lowest BCUT2D eigenvalue weighted by molar-refractivity contribution is 0.0660. The molecule has 4 aromatic carbocycles. The zero-order valence-electron chi connectivity index (χ0n) is 14.3. The van der Waals surface area contributed by atoms with Crippen molar-refractivity contribution in [2.45, 2.75) is 0 Å². The Labute approximate surface area is 155 Å². The number of nitrogens with zero attached hydrogens (tertiary/aromatic N) is 2. The Morgan fingerprint density at radius 1 is 0.667 bits per heavy atom. The standard InChI is InChI=1S/C23H14N2O2/c26-22-19-11-5-6-12-20(19)23(27)25(22)24-14-21-17-9-3-1-7-15(17)13-16-8-2-4-10-18(16)21/h1-14H/b24-14-. The van der Waals surface area contributed by atoms with Gasteiger partial charge >= 0.3 is 0 Å². The first-order valence-electron chi connectivity index (χ1n) is 8.66. The van der Waals surface area contributed by atoms with Crippen LogP contribution >= 0.6 is 0 Å². The zero-order chi connectivity index (χ0) is 18.4. The van der Waals surface area contributed by atoms with Crippen molar-refractivity contribution in [3.63, 3.8) is 0 Å². The number of hydrogen-bond donors (Lipinski definition) is 0. The van der Waals surface area contributed by atoms with Crippen molar-refractivity contribution in [1.29, 1.82) is 0 Å². The molecule has 4 nitrogen and oxygen atoms in total. The van der Waals surface area contributed by atoms with Gasteiger partial charge in [0.1, 0.15) is 0 Å². The molecule has 2 amide bonds. The maximum Gasteiger partial charge on any atom is 0.282 e. The number of imide groups is 1. The molecule has 0 fully saturated rings. The first kappa shape index (κ1) is 15.5. The largest absolute Gasteiger partial charge is 0.282 e. The van der Waals surface area contributed by atoms with Crippen molar-refractivity contribution in [2.24, 2.45) is 5.10 Å². The summed E-state index contributed by atoms with van der Waals surface area (Å²) in [7, 11) is 0. The highest BCUT2D eigenvalue weighted by atomic mass is 16.2. The van der Waals surface area contributed by atoms with Crippen molar-refractivity contribution < 1.29 is 9.59 Å². The van der Waals surface area contributed by atoms with Gasteiger partial charge < -0.3 is 0 Å². The summed E-state index contributed by atoms with van der Waals surface area (Å²) >= 11 is 0. The second-order valence-electron chi connectivity index (χ2n) is 6.44. The summed E-state index contributed by atoms with van der Waals surface area (Å²) in [6.07, 6.45) is 1.62. The van der Waals surface area contributed by atoms with Crippen LogP contribution in [0, 0.1) is 0 Å². The average Bonchev–Trinajstić information content (AvgIpc) is 2.96. The fourth-order valence-corrected chi connectivity index (χ4v) is 3.58. The molecule has 0 N–H and O–H groups in total. The number of rotatable bonds is 2. The Morgan fingerprint density at radius 3 is 1.70 bits per heavy atom. The molecule has 1 aliphatic rings. The zero-order valence-corrected chi connectivity index (χ0v) is 14.3. The number of fused-ring (bicyclic) bond motifs is 3. The molecular formula is C23H14N2O2. The molecule has 1 heterocycles. The molecule has 128 valence electrons. The van der Waals surface area contributed by atoms with E-state index in [4.69, 9.17) is 0 Å². The summed E-state index contributed by atoms with van der Waals surface area (Å²) in [6.45, 7) is 0. The fourth-order valence-electron chi connectivity index (χ4n) is 3.58. The van der Waals surface area contributed by atoms with E-state index in [1.165, 1.54) is 0 Å². The van der Waals surface area contributed by atoms with Gasteiger partial charge in [0.05, 0.1) is 17.3 Å². The number of carbonyl (C=O) groups is 2. The molecule has 0 aromatic heterocycles. The smallest absolute Gasteiger partial charge is 0.267 e. The predicted molar refractivity (Wildman–Crippen MR) is 106 cm³/mol. The van der Waals surface area contributed by atoms with Crippen LogP contribution in [-0.2, 0) is 0 Å². The predicted octanol–water partition coefficient (Wildman–Crippen LogP) is 4.62. The molecule has 4 aromatic rings.